The number of anilines is 1. The van der Waals surface area contributed by atoms with Crippen molar-refractivity contribution in [3.8, 4) is 11.5 Å². The number of halogens is 2. The molecule has 106 valence electrons. The standard InChI is InChI=1S/C15H15ClFNO2/c1-19-12-5-3-10(15(8-12)20-2)9-18-11-4-6-13(16)14(17)7-11/h3-8,18H,9H2,1-2H3. The lowest BCUT2D eigenvalue weighted by atomic mass is 10.2. The van der Waals surface area contributed by atoms with Crippen LogP contribution in [0.1, 0.15) is 5.56 Å². The van der Waals surface area contributed by atoms with Crippen molar-refractivity contribution in [1.29, 1.82) is 0 Å². The Morgan fingerprint density at radius 3 is 2.55 bits per heavy atom. The Bertz CT molecular complexity index is 604. The van der Waals surface area contributed by atoms with Crippen LogP contribution < -0.4 is 14.8 Å². The van der Waals surface area contributed by atoms with Gasteiger partial charge in [-0.05, 0) is 30.3 Å². The van der Waals surface area contributed by atoms with Gasteiger partial charge in [0.15, 0.2) is 0 Å². The zero-order valence-electron chi connectivity index (χ0n) is 11.2. The van der Waals surface area contributed by atoms with E-state index in [1.54, 1.807) is 26.4 Å². The average molecular weight is 296 g/mol. The molecule has 0 amide bonds. The van der Waals surface area contributed by atoms with Crippen LogP contribution in [-0.4, -0.2) is 14.2 Å². The molecule has 0 atom stereocenters. The van der Waals surface area contributed by atoms with Gasteiger partial charge in [-0.25, -0.2) is 4.39 Å². The van der Waals surface area contributed by atoms with Gasteiger partial charge >= 0.3 is 0 Å². The summed E-state index contributed by atoms with van der Waals surface area (Å²) in [4.78, 5) is 0. The van der Waals surface area contributed by atoms with Gasteiger partial charge in [0.25, 0.3) is 0 Å². The van der Waals surface area contributed by atoms with Gasteiger partial charge in [0.05, 0.1) is 19.2 Å². The van der Waals surface area contributed by atoms with Gasteiger partial charge < -0.3 is 14.8 Å². The summed E-state index contributed by atoms with van der Waals surface area (Å²) in [5, 5.41) is 3.23. The molecule has 0 spiro atoms. The molecular weight excluding hydrogens is 281 g/mol. The van der Waals surface area contributed by atoms with E-state index in [2.05, 4.69) is 5.32 Å². The lowest BCUT2D eigenvalue weighted by Crippen LogP contribution is -2.02. The maximum atomic E-state index is 13.3. The molecule has 0 aliphatic heterocycles. The minimum Gasteiger partial charge on any atom is -0.497 e. The van der Waals surface area contributed by atoms with E-state index >= 15 is 0 Å². The number of ether oxygens (including phenoxy) is 2. The van der Waals surface area contributed by atoms with Crippen molar-refractivity contribution in [1.82, 2.24) is 0 Å². The van der Waals surface area contributed by atoms with Crippen molar-refractivity contribution in [3.05, 3.63) is 52.8 Å². The number of benzene rings is 2. The Hall–Kier alpha value is -1.94. The first kappa shape index (κ1) is 14.5. The van der Waals surface area contributed by atoms with Gasteiger partial charge in [0.1, 0.15) is 17.3 Å². The molecule has 0 heterocycles. The van der Waals surface area contributed by atoms with Gasteiger partial charge in [-0.3, -0.25) is 0 Å². The van der Waals surface area contributed by atoms with E-state index in [1.165, 1.54) is 12.1 Å². The molecule has 1 N–H and O–H groups in total. The molecular formula is C15H15ClFNO2. The fourth-order valence-corrected chi connectivity index (χ4v) is 1.92. The minimum absolute atomic E-state index is 0.109. The molecule has 0 aromatic heterocycles. The lowest BCUT2D eigenvalue weighted by molar-refractivity contribution is 0.391. The van der Waals surface area contributed by atoms with Crippen LogP contribution >= 0.6 is 11.6 Å². The molecule has 5 heteroatoms. The molecule has 20 heavy (non-hydrogen) atoms. The highest BCUT2D eigenvalue weighted by molar-refractivity contribution is 6.30. The second kappa shape index (κ2) is 6.48. The number of hydrogen-bond acceptors (Lipinski definition) is 3. The Labute approximate surface area is 122 Å². The van der Waals surface area contributed by atoms with Crippen LogP contribution in [0.25, 0.3) is 0 Å². The maximum absolute atomic E-state index is 13.3. The summed E-state index contributed by atoms with van der Waals surface area (Å²) in [6.07, 6.45) is 0. The Balaban J connectivity index is 2.12. The van der Waals surface area contributed by atoms with E-state index in [1.807, 2.05) is 12.1 Å². The van der Waals surface area contributed by atoms with Crippen LogP contribution in [0.5, 0.6) is 11.5 Å². The molecule has 0 unspecified atom stereocenters. The molecule has 0 saturated heterocycles. The molecule has 2 aromatic carbocycles. The zero-order valence-corrected chi connectivity index (χ0v) is 12.0. The lowest BCUT2D eigenvalue weighted by Gasteiger charge is -2.12. The van der Waals surface area contributed by atoms with Crippen molar-refractivity contribution in [3.63, 3.8) is 0 Å². The largest absolute Gasteiger partial charge is 0.497 e. The van der Waals surface area contributed by atoms with Gasteiger partial charge in [-0.15, -0.1) is 0 Å². The van der Waals surface area contributed by atoms with Crippen molar-refractivity contribution < 1.29 is 13.9 Å². The normalized spacial score (nSPS) is 10.2. The predicted molar refractivity (Wildman–Crippen MR) is 78.3 cm³/mol. The third-order valence-corrected chi connectivity index (χ3v) is 3.20. The highest BCUT2D eigenvalue weighted by Gasteiger charge is 2.06. The summed E-state index contributed by atoms with van der Waals surface area (Å²) in [5.74, 6) is 0.993. The molecule has 0 bridgehead atoms. The summed E-state index contributed by atoms with van der Waals surface area (Å²) in [6.45, 7) is 0.508. The minimum atomic E-state index is -0.446. The molecule has 2 rings (SSSR count). The molecule has 0 radical (unpaired) electrons. The van der Waals surface area contributed by atoms with Crippen molar-refractivity contribution in [2.24, 2.45) is 0 Å². The number of hydrogen-bond donors (Lipinski definition) is 1. The van der Waals surface area contributed by atoms with Crippen molar-refractivity contribution in [2.75, 3.05) is 19.5 Å². The molecule has 2 aromatic rings. The maximum Gasteiger partial charge on any atom is 0.143 e. The highest BCUT2D eigenvalue weighted by atomic mass is 35.5. The van der Waals surface area contributed by atoms with Gasteiger partial charge in [0.2, 0.25) is 0 Å². The second-order valence-electron chi connectivity index (χ2n) is 4.16. The SMILES string of the molecule is COc1ccc(CNc2ccc(Cl)c(F)c2)c(OC)c1. The van der Waals surface area contributed by atoms with Gasteiger partial charge in [-0.1, -0.05) is 11.6 Å². The van der Waals surface area contributed by atoms with E-state index < -0.39 is 5.82 Å². The summed E-state index contributed by atoms with van der Waals surface area (Å²) in [7, 11) is 3.20. The van der Waals surface area contributed by atoms with E-state index in [9.17, 15) is 4.39 Å². The first-order valence-corrected chi connectivity index (χ1v) is 6.41. The molecule has 3 nitrogen and oxygen atoms in total. The second-order valence-corrected chi connectivity index (χ2v) is 4.57. The van der Waals surface area contributed by atoms with Crippen LogP contribution in [-0.2, 0) is 6.54 Å². The van der Waals surface area contributed by atoms with E-state index in [4.69, 9.17) is 21.1 Å². The fourth-order valence-electron chi connectivity index (χ4n) is 1.80. The highest BCUT2D eigenvalue weighted by Crippen LogP contribution is 2.26. The third-order valence-electron chi connectivity index (χ3n) is 2.90. The molecule has 0 fully saturated rings. The third kappa shape index (κ3) is 3.33. The van der Waals surface area contributed by atoms with Crippen molar-refractivity contribution in [2.45, 2.75) is 6.54 Å². The summed E-state index contributed by atoms with van der Waals surface area (Å²) < 4.78 is 23.8. The predicted octanol–water partition coefficient (Wildman–Crippen LogP) is 4.11. The van der Waals surface area contributed by atoms with Crippen LogP contribution in [0.15, 0.2) is 36.4 Å². The van der Waals surface area contributed by atoms with Gasteiger partial charge in [0, 0.05) is 23.9 Å². The van der Waals surface area contributed by atoms with Gasteiger partial charge in [-0.2, -0.15) is 0 Å². The summed E-state index contributed by atoms with van der Waals surface area (Å²) in [5.41, 5.74) is 1.61. The topological polar surface area (TPSA) is 30.5 Å². The summed E-state index contributed by atoms with van der Waals surface area (Å²) in [6, 6.07) is 10.2. The van der Waals surface area contributed by atoms with E-state index in [0.29, 0.717) is 18.0 Å². The Morgan fingerprint density at radius 1 is 1.10 bits per heavy atom. The van der Waals surface area contributed by atoms with E-state index in [-0.39, 0.29) is 5.02 Å². The van der Waals surface area contributed by atoms with E-state index in [0.717, 1.165) is 11.3 Å². The monoisotopic (exact) mass is 295 g/mol. The number of methoxy groups -OCH3 is 2. The summed E-state index contributed by atoms with van der Waals surface area (Å²) >= 11 is 5.64. The smallest absolute Gasteiger partial charge is 0.143 e. The Morgan fingerprint density at radius 2 is 1.90 bits per heavy atom. The first-order valence-electron chi connectivity index (χ1n) is 6.04. The fraction of sp³-hybridized carbons (Fsp3) is 0.200. The van der Waals surface area contributed by atoms with Crippen LogP contribution in [0, 0.1) is 5.82 Å². The van der Waals surface area contributed by atoms with Crippen LogP contribution in [0.4, 0.5) is 10.1 Å². The molecule has 0 saturated carbocycles. The average Bonchev–Trinajstić information content (AvgIpc) is 2.48. The number of rotatable bonds is 5. The van der Waals surface area contributed by atoms with Crippen molar-refractivity contribution >= 4 is 17.3 Å². The number of nitrogens with one attached hydrogen (secondary N) is 1. The Kier molecular flexibility index (Phi) is 4.69. The quantitative estimate of drug-likeness (QED) is 0.900. The van der Waals surface area contributed by atoms with Crippen LogP contribution in [0.3, 0.4) is 0 Å². The molecule has 0 aliphatic carbocycles. The zero-order chi connectivity index (χ0) is 14.5. The first-order chi connectivity index (χ1) is 9.63. The molecule has 0 aliphatic rings. The van der Waals surface area contributed by atoms with Crippen LogP contribution in [0.2, 0.25) is 5.02 Å².